The van der Waals surface area contributed by atoms with Crippen LogP contribution in [-0.4, -0.2) is 48.8 Å². The first kappa shape index (κ1) is 22.4. The lowest BCUT2D eigenvalue weighted by molar-refractivity contribution is -0.128. The number of amides is 1. The van der Waals surface area contributed by atoms with Gasteiger partial charge in [-0.3, -0.25) is 4.79 Å². The maximum atomic E-state index is 13.1. The molecule has 5 nitrogen and oxygen atoms in total. The fraction of sp³-hybridized carbons (Fsp3) is 0.692. The van der Waals surface area contributed by atoms with Crippen LogP contribution < -0.4 is 9.47 Å². The van der Waals surface area contributed by atoms with Crippen molar-refractivity contribution in [1.82, 2.24) is 4.90 Å². The van der Waals surface area contributed by atoms with Crippen LogP contribution in [0.1, 0.15) is 70.3 Å². The third-order valence-electron chi connectivity index (χ3n) is 7.79. The highest BCUT2D eigenvalue weighted by molar-refractivity contribution is 5.85. The first-order chi connectivity index (χ1) is 14.9. The zero-order valence-corrected chi connectivity index (χ0v) is 19.3. The summed E-state index contributed by atoms with van der Waals surface area (Å²) in [6.07, 6.45) is 9.86. The van der Waals surface area contributed by atoms with Crippen LogP contribution in [0.3, 0.4) is 0 Å². The van der Waals surface area contributed by atoms with Crippen LogP contribution in [0.5, 0.6) is 11.5 Å². The van der Waals surface area contributed by atoms with Crippen molar-refractivity contribution >= 4 is 5.91 Å². The van der Waals surface area contributed by atoms with E-state index in [-0.39, 0.29) is 11.8 Å². The molecule has 2 saturated carbocycles. The fourth-order valence-electron chi connectivity index (χ4n) is 5.22. The number of likely N-dealkylation sites (tertiary alicyclic amines) is 1. The molecule has 1 heterocycles. The largest absolute Gasteiger partial charge is 0.493 e. The molecule has 5 heteroatoms. The summed E-state index contributed by atoms with van der Waals surface area (Å²) >= 11 is 0. The number of benzene rings is 1. The van der Waals surface area contributed by atoms with Gasteiger partial charge in [0.2, 0.25) is 5.91 Å². The van der Waals surface area contributed by atoms with Crippen molar-refractivity contribution in [2.24, 2.45) is 17.3 Å². The van der Waals surface area contributed by atoms with Crippen molar-refractivity contribution in [3.05, 3.63) is 30.2 Å². The number of hydrogen-bond donors (Lipinski definition) is 1. The Hall–Kier alpha value is -1.75. The second kappa shape index (κ2) is 9.40. The molecule has 4 rings (SSSR count). The van der Waals surface area contributed by atoms with E-state index < -0.39 is 11.5 Å². The van der Waals surface area contributed by atoms with Crippen LogP contribution in [0.15, 0.2) is 18.2 Å². The lowest BCUT2D eigenvalue weighted by atomic mass is 9.72. The smallest absolute Gasteiger partial charge is 0.226 e. The lowest BCUT2D eigenvalue weighted by Crippen LogP contribution is -2.38. The van der Waals surface area contributed by atoms with E-state index in [0.717, 1.165) is 36.5 Å². The third-order valence-corrected chi connectivity index (χ3v) is 7.79. The lowest BCUT2D eigenvalue weighted by Gasteiger charge is -2.34. The zero-order valence-electron chi connectivity index (χ0n) is 19.3. The van der Waals surface area contributed by atoms with Gasteiger partial charge in [-0.1, -0.05) is 32.3 Å². The third kappa shape index (κ3) is 5.02. The summed E-state index contributed by atoms with van der Waals surface area (Å²) in [6, 6.07) is 6.08. The molecule has 0 unspecified atom stereocenters. The van der Waals surface area contributed by atoms with Gasteiger partial charge in [-0.15, -0.1) is 0 Å². The van der Waals surface area contributed by atoms with Crippen LogP contribution in [0.2, 0.25) is 0 Å². The molecule has 3 fully saturated rings. The van der Waals surface area contributed by atoms with Crippen molar-refractivity contribution in [2.45, 2.75) is 70.8 Å². The van der Waals surface area contributed by atoms with Crippen molar-refractivity contribution < 1.29 is 19.4 Å². The van der Waals surface area contributed by atoms with Crippen molar-refractivity contribution in [3.8, 4) is 11.5 Å². The number of aliphatic hydroxyl groups is 1. The quantitative estimate of drug-likeness (QED) is 0.658. The molecule has 0 aromatic heterocycles. The van der Waals surface area contributed by atoms with Crippen molar-refractivity contribution in [2.75, 3.05) is 26.8 Å². The predicted molar refractivity (Wildman–Crippen MR) is 121 cm³/mol. The number of aliphatic hydroxyl groups excluding tert-OH is 1. The normalized spacial score (nSPS) is 27.9. The van der Waals surface area contributed by atoms with Gasteiger partial charge in [0.1, 0.15) is 0 Å². The molecule has 1 amide bonds. The number of ether oxygens (including phenoxy) is 2. The minimum absolute atomic E-state index is 0.0467. The number of carbonyl (C=O) groups is 1. The van der Waals surface area contributed by atoms with E-state index in [9.17, 15) is 9.90 Å². The second-order valence-electron chi connectivity index (χ2n) is 10.2. The first-order valence-corrected chi connectivity index (χ1v) is 12.0. The maximum Gasteiger partial charge on any atom is 0.226 e. The molecule has 3 atom stereocenters. The number of rotatable bonds is 8. The van der Waals surface area contributed by atoms with Gasteiger partial charge in [-0.2, -0.15) is 0 Å². The Kier molecular flexibility index (Phi) is 6.80. The van der Waals surface area contributed by atoms with Crippen LogP contribution >= 0.6 is 0 Å². The number of carbonyl (C=O) groups excluding carboxylic acids is 1. The second-order valence-corrected chi connectivity index (χ2v) is 10.2. The molecule has 3 aliphatic rings. The van der Waals surface area contributed by atoms with Gasteiger partial charge >= 0.3 is 0 Å². The Morgan fingerprint density at radius 3 is 2.61 bits per heavy atom. The van der Waals surface area contributed by atoms with E-state index in [1.807, 2.05) is 24.3 Å². The van der Waals surface area contributed by atoms with Gasteiger partial charge in [0, 0.05) is 24.4 Å². The Morgan fingerprint density at radius 1 is 1.23 bits per heavy atom. The minimum atomic E-state index is -0.525. The summed E-state index contributed by atoms with van der Waals surface area (Å²) in [4.78, 5) is 15.0. The summed E-state index contributed by atoms with van der Waals surface area (Å²) < 4.78 is 11.6. The molecule has 1 aromatic carbocycles. The molecule has 1 N–H and O–H groups in total. The molecular formula is C26H38NO4. The molecule has 2 aliphatic carbocycles. The Bertz CT molecular complexity index is 769. The summed E-state index contributed by atoms with van der Waals surface area (Å²) in [5.41, 5.74) is 0.696. The van der Waals surface area contributed by atoms with E-state index in [2.05, 4.69) is 19.1 Å². The summed E-state index contributed by atoms with van der Waals surface area (Å²) in [6.45, 7) is 5.86. The van der Waals surface area contributed by atoms with Crippen LogP contribution in [0, 0.1) is 23.7 Å². The van der Waals surface area contributed by atoms with E-state index in [0.29, 0.717) is 24.9 Å². The van der Waals surface area contributed by atoms with E-state index in [4.69, 9.17) is 9.47 Å². The molecule has 171 valence electrons. The number of methoxy groups -OCH3 is 1. The monoisotopic (exact) mass is 428 g/mol. The van der Waals surface area contributed by atoms with Gasteiger partial charge in [0.25, 0.3) is 0 Å². The average molecular weight is 429 g/mol. The zero-order chi connectivity index (χ0) is 22.0. The first-order valence-electron chi connectivity index (χ1n) is 12.0. The molecule has 1 aromatic rings. The summed E-state index contributed by atoms with van der Waals surface area (Å²) in [5, 5.41) is 10.7. The number of nitrogens with zero attached hydrogens (tertiary/aromatic N) is 1. The van der Waals surface area contributed by atoms with Crippen LogP contribution in [0.4, 0.5) is 0 Å². The van der Waals surface area contributed by atoms with E-state index >= 15 is 0 Å². The predicted octanol–water partition coefficient (Wildman–Crippen LogP) is 4.58. The topological polar surface area (TPSA) is 59.0 Å². The Balaban J connectivity index is 1.52. The highest BCUT2D eigenvalue weighted by Crippen LogP contribution is 2.47. The van der Waals surface area contributed by atoms with Gasteiger partial charge in [-0.05, 0) is 62.1 Å². The molecule has 0 bridgehead atoms. The van der Waals surface area contributed by atoms with Crippen LogP contribution in [-0.2, 0) is 4.79 Å². The highest BCUT2D eigenvalue weighted by Gasteiger charge is 2.48. The molecule has 1 saturated heterocycles. The Labute approximate surface area is 187 Å². The van der Waals surface area contributed by atoms with E-state index in [1.54, 1.807) is 7.11 Å². The highest BCUT2D eigenvalue weighted by atomic mass is 16.5. The average Bonchev–Trinajstić information content (AvgIpc) is 3.53. The molecule has 1 radical (unpaired) electrons. The fourth-order valence-corrected chi connectivity index (χ4v) is 5.22. The Morgan fingerprint density at radius 2 is 1.97 bits per heavy atom. The molecular weight excluding hydrogens is 390 g/mol. The van der Waals surface area contributed by atoms with Crippen molar-refractivity contribution in [1.29, 1.82) is 0 Å². The van der Waals surface area contributed by atoms with Gasteiger partial charge in [0.15, 0.2) is 11.5 Å². The van der Waals surface area contributed by atoms with E-state index in [1.165, 1.54) is 32.1 Å². The maximum absolute atomic E-state index is 13.1. The van der Waals surface area contributed by atoms with Gasteiger partial charge in [0.05, 0.1) is 26.2 Å². The minimum Gasteiger partial charge on any atom is -0.493 e. The standard InChI is InChI=1S/C26H38NO4/c1-18(28)26(2)17-27(25(29)13-19-7-5-4-6-8-19)15-22(26)21-11-12-23(30-3)24(14-21)31-16-20-9-10-20/h11-14,18-20,22,28H,4-10,15-17H2,1-3H3/t18-,22+,26+/m1/s1. The molecule has 31 heavy (non-hydrogen) atoms. The summed E-state index contributed by atoms with van der Waals surface area (Å²) in [5.74, 6) is 2.73. The van der Waals surface area contributed by atoms with Crippen molar-refractivity contribution in [3.63, 3.8) is 0 Å². The van der Waals surface area contributed by atoms with Gasteiger partial charge in [-0.25, -0.2) is 0 Å². The molecule has 0 spiro atoms. The van der Waals surface area contributed by atoms with Gasteiger partial charge < -0.3 is 19.5 Å². The molecule has 1 aliphatic heterocycles. The SMILES string of the molecule is COc1ccc([C@@H]2CN(C(=O)[CH]C3CCCCC3)C[C@@]2(C)[C@@H](C)O)cc1OCC1CC1. The van der Waals surface area contributed by atoms with Crippen LogP contribution in [0.25, 0.3) is 0 Å². The number of hydrogen-bond acceptors (Lipinski definition) is 4. The summed E-state index contributed by atoms with van der Waals surface area (Å²) in [7, 11) is 1.66.